The zero-order valence-electron chi connectivity index (χ0n) is 10.6. The summed E-state index contributed by atoms with van der Waals surface area (Å²) >= 11 is 0. The Hall–Kier alpha value is -2.34. The van der Waals surface area contributed by atoms with Gasteiger partial charge < -0.3 is 10.2 Å². The summed E-state index contributed by atoms with van der Waals surface area (Å²) in [6.07, 6.45) is 0. The van der Waals surface area contributed by atoms with E-state index in [0.29, 0.717) is 0 Å². The van der Waals surface area contributed by atoms with E-state index in [4.69, 9.17) is 5.11 Å². The van der Waals surface area contributed by atoms with Gasteiger partial charge in [0.25, 0.3) is 0 Å². The Bertz CT molecular complexity index is 761. The van der Waals surface area contributed by atoms with Gasteiger partial charge in [0, 0.05) is 0 Å². The molecule has 0 heterocycles. The van der Waals surface area contributed by atoms with E-state index in [2.05, 4.69) is 0 Å². The second-order valence-corrected chi connectivity index (χ2v) is 6.25. The van der Waals surface area contributed by atoms with Gasteiger partial charge in [-0.1, -0.05) is 17.7 Å². The Morgan fingerprint density at radius 1 is 1.00 bits per heavy atom. The van der Waals surface area contributed by atoms with E-state index < -0.39 is 27.1 Å². The Morgan fingerprint density at radius 2 is 1.55 bits per heavy atom. The van der Waals surface area contributed by atoms with Crippen LogP contribution in [0.1, 0.15) is 15.9 Å². The van der Waals surface area contributed by atoms with E-state index in [-0.39, 0.29) is 9.79 Å². The fourth-order valence-corrected chi connectivity index (χ4v) is 2.99. The minimum absolute atomic E-state index is 0.0742. The molecular weight excluding hydrogens is 280 g/mol. The zero-order chi connectivity index (χ0) is 14.9. The first-order valence-electron chi connectivity index (χ1n) is 5.70. The molecule has 0 atom stereocenters. The molecule has 0 saturated heterocycles. The Kier molecular flexibility index (Phi) is 3.50. The van der Waals surface area contributed by atoms with Crippen molar-refractivity contribution in [2.45, 2.75) is 16.7 Å². The molecule has 0 spiro atoms. The maximum absolute atomic E-state index is 12.4. The molecule has 0 saturated carbocycles. The largest absolute Gasteiger partial charge is 0.507 e. The van der Waals surface area contributed by atoms with Crippen LogP contribution in [0.2, 0.25) is 0 Å². The van der Waals surface area contributed by atoms with E-state index in [1.54, 1.807) is 12.1 Å². The molecule has 0 fully saturated rings. The van der Waals surface area contributed by atoms with E-state index in [1.165, 1.54) is 18.2 Å². The lowest BCUT2D eigenvalue weighted by Gasteiger charge is -2.07. The minimum atomic E-state index is -3.80. The molecule has 6 heteroatoms. The number of aromatic carboxylic acids is 1. The number of carboxylic acid groups (broad SMARTS) is 1. The van der Waals surface area contributed by atoms with Crippen molar-refractivity contribution >= 4 is 15.8 Å². The van der Waals surface area contributed by atoms with Gasteiger partial charge in [-0.25, -0.2) is 13.2 Å². The van der Waals surface area contributed by atoms with Crippen molar-refractivity contribution < 1.29 is 23.4 Å². The summed E-state index contributed by atoms with van der Waals surface area (Å²) in [6.45, 7) is 1.83. The van der Waals surface area contributed by atoms with Gasteiger partial charge in [0.2, 0.25) is 9.84 Å². The van der Waals surface area contributed by atoms with Gasteiger partial charge in [-0.15, -0.1) is 0 Å². The third-order valence-electron chi connectivity index (χ3n) is 2.84. The summed E-state index contributed by atoms with van der Waals surface area (Å²) in [5.41, 5.74) is 0.471. The molecule has 0 aromatic heterocycles. The van der Waals surface area contributed by atoms with Crippen molar-refractivity contribution in [3.63, 3.8) is 0 Å². The van der Waals surface area contributed by atoms with Crippen LogP contribution in [0, 0.1) is 6.92 Å². The molecule has 0 bridgehead atoms. The van der Waals surface area contributed by atoms with Crippen LogP contribution in [-0.4, -0.2) is 24.6 Å². The van der Waals surface area contributed by atoms with Crippen LogP contribution in [0.25, 0.3) is 0 Å². The molecule has 104 valence electrons. The number of carbonyl (C=O) groups is 1. The molecule has 2 aromatic carbocycles. The van der Waals surface area contributed by atoms with Crippen LogP contribution in [-0.2, 0) is 9.84 Å². The number of aromatic hydroxyl groups is 1. The summed E-state index contributed by atoms with van der Waals surface area (Å²) in [5.74, 6) is -1.86. The number of sulfone groups is 1. The average Bonchev–Trinajstić information content (AvgIpc) is 2.39. The number of rotatable bonds is 3. The lowest BCUT2D eigenvalue weighted by Crippen LogP contribution is -2.05. The number of aryl methyl sites for hydroxylation is 1. The fourth-order valence-electron chi connectivity index (χ4n) is 1.71. The average molecular weight is 292 g/mol. The number of phenols is 1. The highest BCUT2D eigenvalue weighted by Gasteiger charge is 2.20. The third kappa shape index (κ3) is 2.50. The first-order valence-corrected chi connectivity index (χ1v) is 7.19. The van der Waals surface area contributed by atoms with Crippen molar-refractivity contribution in [2.75, 3.05) is 0 Å². The van der Waals surface area contributed by atoms with E-state index in [0.717, 1.165) is 17.7 Å². The molecule has 0 radical (unpaired) electrons. The van der Waals surface area contributed by atoms with Gasteiger partial charge in [0.1, 0.15) is 11.3 Å². The highest BCUT2D eigenvalue weighted by molar-refractivity contribution is 7.91. The van der Waals surface area contributed by atoms with Gasteiger partial charge in [-0.2, -0.15) is 0 Å². The number of benzene rings is 2. The highest BCUT2D eigenvalue weighted by Crippen LogP contribution is 2.26. The fraction of sp³-hybridized carbons (Fsp3) is 0.0714. The second-order valence-electron chi connectivity index (χ2n) is 4.30. The van der Waals surface area contributed by atoms with Crippen molar-refractivity contribution in [2.24, 2.45) is 0 Å². The molecule has 5 nitrogen and oxygen atoms in total. The summed E-state index contributed by atoms with van der Waals surface area (Å²) < 4.78 is 24.7. The van der Waals surface area contributed by atoms with E-state index in [1.807, 2.05) is 6.92 Å². The van der Waals surface area contributed by atoms with Crippen molar-refractivity contribution in [3.8, 4) is 5.75 Å². The quantitative estimate of drug-likeness (QED) is 0.905. The molecule has 0 amide bonds. The first kappa shape index (κ1) is 14.1. The minimum Gasteiger partial charge on any atom is -0.507 e. The topological polar surface area (TPSA) is 91.7 Å². The van der Waals surface area contributed by atoms with Crippen LogP contribution >= 0.6 is 0 Å². The molecule has 2 N–H and O–H groups in total. The Morgan fingerprint density at radius 3 is 2.10 bits per heavy atom. The van der Waals surface area contributed by atoms with Crippen molar-refractivity contribution in [3.05, 3.63) is 53.6 Å². The van der Waals surface area contributed by atoms with Crippen LogP contribution in [0.3, 0.4) is 0 Å². The van der Waals surface area contributed by atoms with Crippen LogP contribution in [0.5, 0.6) is 5.75 Å². The Labute approximate surface area is 116 Å². The second kappa shape index (κ2) is 4.97. The molecule has 0 aliphatic heterocycles. The monoisotopic (exact) mass is 292 g/mol. The van der Waals surface area contributed by atoms with Crippen molar-refractivity contribution in [1.29, 1.82) is 0 Å². The van der Waals surface area contributed by atoms with Crippen LogP contribution in [0.15, 0.2) is 52.3 Å². The lowest BCUT2D eigenvalue weighted by molar-refractivity contribution is 0.0693. The molecular formula is C14H12O5S. The first-order chi connectivity index (χ1) is 9.32. The van der Waals surface area contributed by atoms with Crippen LogP contribution in [0.4, 0.5) is 0 Å². The summed E-state index contributed by atoms with van der Waals surface area (Å²) in [5, 5.41) is 18.3. The smallest absolute Gasteiger partial charge is 0.339 e. The predicted molar refractivity (Wildman–Crippen MR) is 71.7 cm³/mol. The van der Waals surface area contributed by atoms with E-state index in [9.17, 15) is 18.3 Å². The number of hydrogen-bond donors (Lipinski definition) is 2. The standard InChI is InChI=1S/C14H12O5S/c1-9-2-4-10(5-3-9)20(18,19)11-6-7-13(15)12(8-11)14(16)17/h2-8,15H,1H3,(H,16,17). The molecule has 0 aliphatic rings. The van der Waals surface area contributed by atoms with Gasteiger partial charge in [0.15, 0.2) is 0 Å². The molecule has 20 heavy (non-hydrogen) atoms. The lowest BCUT2D eigenvalue weighted by atomic mass is 10.2. The maximum Gasteiger partial charge on any atom is 0.339 e. The summed E-state index contributed by atoms with van der Waals surface area (Å²) in [4.78, 5) is 10.8. The van der Waals surface area contributed by atoms with Crippen LogP contribution < -0.4 is 0 Å². The number of carboxylic acids is 1. The molecule has 0 unspecified atom stereocenters. The van der Waals surface area contributed by atoms with Gasteiger partial charge >= 0.3 is 5.97 Å². The van der Waals surface area contributed by atoms with Gasteiger partial charge in [0.05, 0.1) is 9.79 Å². The molecule has 2 aromatic rings. The molecule has 0 aliphatic carbocycles. The third-order valence-corrected chi connectivity index (χ3v) is 4.61. The highest BCUT2D eigenvalue weighted by atomic mass is 32.2. The number of hydrogen-bond acceptors (Lipinski definition) is 4. The van der Waals surface area contributed by atoms with Gasteiger partial charge in [-0.3, -0.25) is 0 Å². The Balaban J connectivity index is 2.58. The van der Waals surface area contributed by atoms with E-state index >= 15 is 0 Å². The normalized spacial score (nSPS) is 11.2. The zero-order valence-corrected chi connectivity index (χ0v) is 11.4. The molecule has 2 rings (SSSR count). The van der Waals surface area contributed by atoms with Gasteiger partial charge in [-0.05, 0) is 37.3 Å². The predicted octanol–water partition coefficient (Wildman–Crippen LogP) is 2.23. The summed E-state index contributed by atoms with van der Waals surface area (Å²) in [7, 11) is -3.80. The summed E-state index contributed by atoms with van der Waals surface area (Å²) in [6, 6.07) is 9.42. The maximum atomic E-state index is 12.4. The van der Waals surface area contributed by atoms with Crippen molar-refractivity contribution in [1.82, 2.24) is 0 Å². The SMILES string of the molecule is Cc1ccc(S(=O)(=O)c2ccc(O)c(C(=O)O)c2)cc1.